The van der Waals surface area contributed by atoms with E-state index >= 15 is 0 Å². The first kappa shape index (κ1) is 19.2. The summed E-state index contributed by atoms with van der Waals surface area (Å²) in [6.07, 6.45) is 2.80. The summed E-state index contributed by atoms with van der Waals surface area (Å²) in [5.74, 6) is -2.35. The van der Waals surface area contributed by atoms with E-state index in [1.807, 2.05) is 6.92 Å². The molecular weight excluding hydrogens is 304 g/mol. The van der Waals surface area contributed by atoms with Gasteiger partial charge in [-0.1, -0.05) is 19.9 Å². The molecule has 0 saturated carbocycles. The Labute approximate surface area is 135 Å². The number of carboxylic acid groups (broad SMARTS) is 1. The summed E-state index contributed by atoms with van der Waals surface area (Å²) < 4.78 is 15.5. The predicted octanol–water partition coefficient (Wildman–Crippen LogP) is 1.84. The van der Waals surface area contributed by atoms with E-state index in [1.54, 1.807) is 0 Å². The Morgan fingerprint density at radius 2 is 2.00 bits per heavy atom. The quantitative estimate of drug-likeness (QED) is 0.331. The molecule has 1 heterocycles. The Hall–Kier alpha value is -1.89. The van der Waals surface area contributed by atoms with E-state index in [2.05, 4.69) is 6.58 Å². The topological polar surface area (TPSA) is 102 Å². The lowest BCUT2D eigenvalue weighted by Gasteiger charge is -2.30. The number of carbonyl (C=O) groups is 3. The van der Waals surface area contributed by atoms with Crippen molar-refractivity contribution in [2.45, 2.75) is 57.2 Å². The molecule has 7 nitrogen and oxygen atoms in total. The molecule has 1 N–H and O–H groups in total. The van der Waals surface area contributed by atoms with Gasteiger partial charge in [-0.3, -0.25) is 4.79 Å². The number of ether oxygens (including phenoxy) is 3. The predicted molar refractivity (Wildman–Crippen MR) is 80.7 cm³/mol. The van der Waals surface area contributed by atoms with Gasteiger partial charge < -0.3 is 19.3 Å². The van der Waals surface area contributed by atoms with Crippen LogP contribution in [0.5, 0.6) is 0 Å². The van der Waals surface area contributed by atoms with Crippen molar-refractivity contribution >= 4 is 17.9 Å². The molecule has 1 aliphatic heterocycles. The minimum atomic E-state index is -1.47. The minimum absolute atomic E-state index is 0.100. The highest BCUT2D eigenvalue weighted by molar-refractivity contribution is 5.87. The molecule has 130 valence electrons. The summed E-state index contributed by atoms with van der Waals surface area (Å²) in [5.41, 5.74) is -1.47. The van der Waals surface area contributed by atoms with E-state index in [9.17, 15) is 14.4 Å². The van der Waals surface area contributed by atoms with Crippen LogP contribution in [-0.2, 0) is 28.6 Å². The van der Waals surface area contributed by atoms with Crippen LogP contribution in [0.15, 0.2) is 12.7 Å². The lowest BCUT2D eigenvalue weighted by Crippen LogP contribution is -2.45. The zero-order chi connectivity index (χ0) is 17.3. The van der Waals surface area contributed by atoms with E-state index in [1.165, 1.54) is 0 Å². The fraction of sp³-hybridized carbons (Fsp3) is 0.688. The Kier molecular flexibility index (Phi) is 7.74. The Bertz CT molecular complexity index is 442. The number of carboxylic acids is 1. The fourth-order valence-electron chi connectivity index (χ4n) is 2.16. The van der Waals surface area contributed by atoms with Crippen molar-refractivity contribution in [2.24, 2.45) is 0 Å². The first-order valence-electron chi connectivity index (χ1n) is 7.79. The highest BCUT2D eigenvalue weighted by atomic mass is 16.6. The monoisotopic (exact) mass is 328 g/mol. The number of esters is 2. The molecule has 1 fully saturated rings. The van der Waals surface area contributed by atoms with Crippen molar-refractivity contribution in [2.75, 3.05) is 13.2 Å². The van der Waals surface area contributed by atoms with Gasteiger partial charge in [-0.25, -0.2) is 9.59 Å². The largest absolute Gasteiger partial charge is 0.481 e. The number of carbonyl (C=O) groups excluding carboxylic acids is 2. The van der Waals surface area contributed by atoms with Gasteiger partial charge in [0, 0.05) is 12.5 Å². The van der Waals surface area contributed by atoms with Gasteiger partial charge in [0.15, 0.2) is 0 Å². The molecule has 0 spiro atoms. The highest BCUT2D eigenvalue weighted by Crippen LogP contribution is 2.29. The van der Waals surface area contributed by atoms with E-state index in [-0.39, 0.29) is 38.4 Å². The fourth-order valence-corrected chi connectivity index (χ4v) is 2.16. The van der Waals surface area contributed by atoms with Crippen molar-refractivity contribution < 1.29 is 33.7 Å². The summed E-state index contributed by atoms with van der Waals surface area (Å²) >= 11 is 0. The molecule has 0 bridgehead atoms. The van der Waals surface area contributed by atoms with Gasteiger partial charge in [-0.05, 0) is 25.7 Å². The van der Waals surface area contributed by atoms with E-state index in [0.717, 1.165) is 12.5 Å². The smallest absolute Gasteiger partial charge is 0.350 e. The minimum Gasteiger partial charge on any atom is -0.481 e. The molecule has 0 aliphatic carbocycles. The average Bonchev–Trinajstić information content (AvgIpc) is 3.33. The van der Waals surface area contributed by atoms with Crippen LogP contribution in [-0.4, -0.2) is 47.9 Å². The number of rotatable bonds is 12. The highest BCUT2D eigenvalue weighted by Gasteiger charge is 2.43. The lowest BCUT2D eigenvalue weighted by molar-refractivity contribution is -0.182. The Morgan fingerprint density at radius 1 is 1.35 bits per heavy atom. The second-order valence-corrected chi connectivity index (χ2v) is 5.52. The van der Waals surface area contributed by atoms with E-state index in [0.29, 0.717) is 13.0 Å². The summed E-state index contributed by atoms with van der Waals surface area (Å²) in [4.78, 5) is 34.9. The van der Waals surface area contributed by atoms with Crippen LogP contribution >= 0.6 is 0 Å². The number of epoxide rings is 1. The molecular formula is C16H24O7. The molecule has 23 heavy (non-hydrogen) atoms. The maximum Gasteiger partial charge on any atom is 0.350 e. The van der Waals surface area contributed by atoms with Crippen molar-refractivity contribution in [3.05, 3.63) is 12.7 Å². The van der Waals surface area contributed by atoms with Crippen molar-refractivity contribution in [3.8, 4) is 0 Å². The van der Waals surface area contributed by atoms with Crippen molar-refractivity contribution in [3.63, 3.8) is 0 Å². The van der Waals surface area contributed by atoms with Crippen LogP contribution in [0, 0.1) is 0 Å². The Morgan fingerprint density at radius 3 is 2.52 bits per heavy atom. The maximum atomic E-state index is 12.5. The normalized spacial score (nSPS) is 18.6. The van der Waals surface area contributed by atoms with Crippen LogP contribution in [0.4, 0.5) is 0 Å². The number of hydrogen-bond donors (Lipinski definition) is 1. The van der Waals surface area contributed by atoms with Crippen LogP contribution in [0.3, 0.4) is 0 Å². The first-order valence-corrected chi connectivity index (χ1v) is 7.79. The lowest BCUT2D eigenvalue weighted by atomic mass is 9.90. The molecule has 0 amide bonds. The molecule has 1 rings (SSSR count). The van der Waals surface area contributed by atoms with Crippen LogP contribution in [0.2, 0.25) is 0 Å². The van der Waals surface area contributed by atoms with Crippen molar-refractivity contribution in [1.82, 2.24) is 0 Å². The summed E-state index contributed by atoms with van der Waals surface area (Å²) in [5, 5.41) is 8.78. The third kappa shape index (κ3) is 6.81. The summed E-state index contributed by atoms with van der Waals surface area (Å²) in [6.45, 7) is 5.93. The number of hydrogen-bond acceptors (Lipinski definition) is 6. The zero-order valence-corrected chi connectivity index (χ0v) is 13.4. The second-order valence-electron chi connectivity index (χ2n) is 5.52. The van der Waals surface area contributed by atoms with Crippen LogP contribution in [0.25, 0.3) is 0 Å². The summed E-state index contributed by atoms with van der Waals surface area (Å²) in [6, 6.07) is 0. The molecule has 2 atom stereocenters. The van der Waals surface area contributed by atoms with E-state index < -0.39 is 23.5 Å². The van der Waals surface area contributed by atoms with E-state index in [4.69, 9.17) is 19.3 Å². The molecule has 2 unspecified atom stereocenters. The first-order chi connectivity index (χ1) is 10.9. The molecule has 1 aliphatic rings. The molecule has 7 heteroatoms. The maximum absolute atomic E-state index is 12.5. The Balaban J connectivity index is 2.82. The van der Waals surface area contributed by atoms with Crippen LogP contribution < -0.4 is 0 Å². The van der Waals surface area contributed by atoms with Gasteiger partial charge in [0.2, 0.25) is 5.60 Å². The standard InChI is InChI=1S/C16H24O7/c1-3-5-8-16(23-14(19)4-2,9-6-7-13(17)18)15(20)22-11-12-10-21-12/h4,12H,2-3,5-11H2,1H3,(H,17,18). The number of unbranched alkanes of at least 4 members (excludes halogenated alkanes) is 1. The zero-order valence-electron chi connectivity index (χ0n) is 13.4. The summed E-state index contributed by atoms with van der Waals surface area (Å²) in [7, 11) is 0. The van der Waals surface area contributed by atoms with Gasteiger partial charge in [0.25, 0.3) is 0 Å². The van der Waals surface area contributed by atoms with Gasteiger partial charge in [0.1, 0.15) is 12.7 Å². The van der Waals surface area contributed by atoms with Crippen LogP contribution in [0.1, 0.15) is 45.4 Å². The van der Waals surface area contributed by atoms with Gasteiger partial charge >= 0.3 is 17.9 Å². The molecule has 1 saturated heterocycles. The molecule has 0 aromatic heterocycles. The average molecular weight is 328 g/mol. The van der Waals surface area contributed by atoms with Gasteiger partial charge in [0.05, 0.1) is 6.61 Å². The molecule has 0 aromatic carbocycles. The number of aliphatic carboxylic acids is 1. The third-order valence-corrected chi connectivity index (χ3v) is 3.54. The van der Waals surface area contributed by atoms with Gasteiger partial charge in [-0.2, -0.15) is 0 Å². The SMILES string of the molecule is C=CC(=O)OC(CCCC)(CCCC(=O)O)C(=O)OCC1CO1. The third-order valence-electron chi connectivity index (χ3n) is 3.54. The second kappa shape index (κ2) is 9.29. The van der Waals surface area contributed by atoms with Crippen molar-refractivity contribution in [1.29, 1.82) is 0 Å². The molecule has 0 radical (unpaired) electrons. The van der Waals surface area contributed by atoms with Gasteiger partial charge in [-0.15, -0.1) is 0 Å². The molecule has 0 aromatic rings.